The molecule has 0 spiro atoms. The summed E-state index contributed by atoms with van der Waals surface area (Å²) in [6, 6.07) is 10.4. The predicted octanol–water partition coefficient (Wildman–Crippen LogP) is 2.06. The fourth-order valence-corrected chi connectivity index (χ4v) is 3.43. The lowest BCUT2D eigenvalue weighted by molar-refractivity contribution is -0.134. The number of amides is 3. The topological polar surface area (TPSA) is 79.0 Å². The third-order valence-corrected chi connectivity index (χ3v) is 5.02. The minimum absolute atomic E-state index is 0.00841. The molecule has 28 heavy (non-hydrogen) atoms. The van der Waals surface area contributed by atoms with Crippen molar-refractivity contribution in [2.75, 3.05) is 39.3 Å². The van der Waals surface area contributed by atoms with Gasteiger partial charge in [-0.05, 0) is 44.2 Å². The Kier molecular flexibility index (Phi) is 8.94. The first kappa shape index (κ1) is 21.9. The molecule has 154 valence electrons. The highest BCUT2D eigenvalue weighted by atomic mass is 16.5. The second kappa shape index (κ2) is 11.4. The molecule has 1 aliphatic rings. The van der Waals surface area contributed by atoms with Crippen LogP contribution < -0.4 is 5.32 Å². The molecule has 1 heterocycles. The number of ether oxygens (including phenoxy) is 1. The fourth-order valence-electron chi connectivity index (χ4n) is 3.43. The Bertz CT molecular complexity index is 642. The summed E-state index contributed by atoms with van der Waals surface area (Å²) in [6.45, 7) is 5.98. The van der Waals surface area contributed by atoms with Crippen LogP contribution in [0.15, 0.2) is 30.3 Å². The van der Waals surface area contributed by atoms with Gasteiger partial charge in [-0.25, -0.2) is 4.79 Å². The standard InChI is InChI=1S/C21H31N3O4/c1-3-23(15-19(25)22-21(27)28-4-2)16-20(26)24-12-10-18(11-13-24)14-17-8-6-5-7-9-17/h5-9,18H,3-4,10-16H2,1-2H3,(H,22,25,27). The number of nitrogens with one attached hydrogen (secondary N) is 1. The molecule has 2 rings (SSSR count). The van der Waals surface area contributed by atoms with Crippen LogP contribution in [0.2, 0.25) is 0 Å². The van der Waals surface area contributed by atoms with Crippen molar-refractivity contribution >= 4 is 17.9 Å². The number of carbonyl (C=O) groups is 3. The van der Waals surface area contributed by atoms with Crippen LogP contribution in [-0.2, 0) is 20.7 Å². The summed E-state index contributed by atoms with van der Waals surface area (Å²) in [5.41, 5.74) is 1.34. The van der Waals surface area contributed by atoms with Gasteiger partial charge in [-0.3, -0.25) is 19.8 Å². The van der Waals surface area contributed by atoms with Gasteiger partial charge in [0, 0.05) is 13.1 Å². The number of hydrogen-bond donors (Lipinski definition) is 1. The molecular formula is C21H31N3O4. The van der Waals surface area contributed by atoms with E-state index in [2.05, 4.69) is 29.6 Å². The van der Waals surface area contributed by atoms with Crippen molar-refractivity contribution in [2.24, 2.45) is 5.92 Å². The van der Waals surface area contributed by atoms with Gasteiger partial charge in [0.25, 0.3) is 0 Å². The number of benzene rings is 1. The molecule has 1 N–H and O–H groups in total. The smallest absolute Gasteiger partial charge is 0.413 e. The van der Waals surface area contributed by atoms with Crippen molar-refractivity contribution < 1.29 is 19.1 Å². The van der Waals surface area contributed by atoms with Crippen molar-refractivity contribution in [3.63, 3.8) is 0 Å². The van der Waals surface area contributed by atoms with Gasteiger partial charge in [0.05, 0.1) is 19.7 Å². The average Bonchev–Trinajstić information content (AvgIpc) is 2.68. The molecule has 0 aliphatic carbocycles. The van der Waals surface area contributed by atoms with E-state index in [-0.39, 0.29) is 25.6 Å². The number of likely N-dealkylation sites (tertiary alicyclic amines) is 1. The maximum Gasteiger partial charge on any atom is 0.413 e. The number of imide groups is 1. The van der Waals surface area contributed by atoms with E-state index in [1.165, 1.54) is 5.56 Å². The first-order valence-electron chi connectivity index (χ1n) is 10.0. The first-order chi connectivity index (χ1) is 13.5. The minimum Gasteiger partial charge on any atom is -0.450 e. The van der Waals surface area contributed by atoms with Crippen molar-refractivity contribution in [3.8, 4) is 0 Å². The van der Waals surface area contributed by atoms with Crippen molar-refractivity contribution in [3.05, 3.63) is 35.9 Å². The van der Waals surface area contributed by atoms with E-state index in [1.807, 2.05) is 17.9 Å². The minimum atomic E-state index is -0.754. The molecule has 3 amide bonds. The highest BCUT2D eigenvalue weighted by molar-refractivity contribution is 5.93. The summed E-state index contributed by atoms with van der Waals surface area (Å²) < 4.78 is 4.69. The molecule has 1 aliphatic heterocycles. The van der Waals surface area contributed by atoms with Gasteiger partial charge in [0.1, 0.15) is 0 Å². The Labute approximate surface area is 167 Å². The summed E-state index contributed by atoms with van der Waals surface area (Å²) in [4.78, 5) is 39.4. The normalized spacial score (nSPS) is 14.8. The molecule has 0 saturated carbocycles. The van der Waals surface area contributed by atoms with Crippen LogP contribution in [0.25, 0.3) is 0 Å². The molecule has 1 aromatic carbocycles. The summed E-state index contributed by atoms with van der Waals surface area (Å²) in [6.07, 6.45) is 2.29. The van der Waals surface area contributed by atoms with Gasteiger partial charge in [0.2, 0.25) is 11.8 Å². The summed E-state index contributed by atoms with van der Waals surface area (Å²) in [5.74, 6) is 0.169. The molecule has 0 unspecified atom stereocenters. The van der Waals surface area contributed by atoms with E-state index in [1.54, 1.807) is 11.8 Å². The Balaban J connectivity index is 1.74. The predicted molar refractivity (Wildman–Crippen MR) is 107 cm³/mol. The van der Waals surface area contributed by atoms with Crippen LogP contribution in [0, 0.1) is 5.92 Å². The number of nitrogens with zero attached hydrogens (tertiary/aromatic N) is 2. The first-order valence-corrected chi connectivity index (χ1v) is 10.0. The lowest BCUT2D eigenvalue weighted by Crippen LogP contribution is -2.47. The molecule has 0 radical (unpaired) electrons. The van der Waals surface area contributed by atoms with Gasteiger partial charge in [0.15, 0.2) is 0 Å². The van der Waals surface area contributed by atoms with E-state index in [0.29, 0.717) is 12.5 Å². The zero-order valence-corrected chi connectivity index (χ0v) is 16.9. The molecule has 0 aromatic heterocycles. The number of piperidine rings is 1. The molecule has 0 bridgehead atoms. The second-order valence-electron chi connectivity index (χ2n) is 7.09. The quantitative estimate of drug-likeness (QED) is 0.736. The highest BCUT2D eigenvalue weighted by Crippen LogP contribution is 2.21. The summed E-state index contributed by atoms with van der Waals surface area (Å²) in [7, 11) is 0. The molecule has 1 aromatic rings. The number of rotatable bonds is 8. The molecular weight excluding hydrogens is 358 g/mol. The fraction of sp³-hybridized carbons (Fsp3) is 0.571. The Hall–Kier alpha value is -2.41. The Morgan fingerprint density at radius 2 is 1.79 bits per heavy atom. The molecule has 7 heteroatoms. The SMILES string of the molecule is CCOC(=O)NC(=O)CN(CC)CC(=O)N1CCC(Cc2ccccc2)CC1. The monoisotopic (exact) mass is 389 g/mol. The summed E-state index contributed by atoms with van der Waals surface area (Å²) >= 11 is 0. The van der Waals surface area contributed by atoms with Crippen molar-refractivity contribution in [1.29, 1.82) is 0 Å². The molecule has 7 nitrogen and oxygen atoms in total. The molecule has 1 fully saturated rings. The maximum absolute atomic E-state index is 12.6. The van der Waals surface area contributed by atoms with Crippen molar-refractivity contribution in [1.82, 2.24) is 15.1 Å². The zero-order valence-electron chi connectivity index (χ0n) is 16.9. The van der Waals surface area contributed by atoms with E-state index in [4.69, 9.17) is 4.74 Å². The van der Waals surface area contributed by atoms with Crippen LogP contribution in [-0.4, -0.2) is 67.0 Å². The average molecular weight is 389 g/mol. The van der Waals surface area contributed by atoms with Crippen LogP contribution >= 0.6 is 0 Å². The molecule has 1 saturated heterocycles. The maximum atomic E-state index is 12.6. The van der Waals surface area contributed by atoms with E-state index in [9.17, 15) is 14.4 Å². The van der Waals surface area contributed by atoms with E-state index < -0.39 is 12.0 Å². The van der Waals surface area contributed by atoms with Crippen LogP contribution in [0.5, 0.6) is 0 Å². The third kappa shape index (κ3) is 7.31. The number of alkyl carbamates (subject to hydrolysis) is 1. The zero-order chi connectivity index (χ0) is 20.4. The largest absolute Gasteiger partial charge is 0.450 e. The lowest BCUT2D eigenvalue weighted by Gasteiger charge is -2.33. The second-order valence-corrected chi connectivity index (χ2v) is 7.09. The van der Waals surface area contributed by atoms with Gasteiger partial charge in [-0.2, -0.15) is 0 Å². The Morgan fingerprint density at radius 3 is 2.39 bits per heavy atom. The highest BCUT2D eigenvalue weighted by Gasteiger charge is 2.24. The van der Waals surface area contributed by atoms with E-state index >= 15 is 0 Å². The van der Waals surface area contributed by atoms with Crippen LogP contribution in [0.1, 0.15) is 32.3 Å². The Morgan fingerprint density at radius 1 is 1.11 bits per heavy atom. The summed E-state index contributed by atoms with van der Waals surface area (Å²) in [5, 5.41) is 2.16. The lowest BCUT2D eigenvalue weighted by atomic mass is 9.90. The van der Waals surface area contributed by atoms with Crippen LogP contribution in [0.4, 0.5) is 4.79 Å². The molecule has 0 atom stereocenters. The van der Waals surface area contributed by atoms with Gasteiger partial charge in [-0.15, -0.1) is 0 Å². The third-order valence-electron chi connectivity index (χ3n) is 5.02. The van der Waals surface area contributed by atoms with Gasteiger partial charge >= 0.3 is 6.09 Å². The van der Waals surface area contributed by atoms with Gasteiger partial charge < -0.3 is 9.64 Å². The van der Waals surface area contributed by atoms with Gasteiger partial charge in [-0.1, -0.05) is 37.3 Å². The van der Waals surface area contributed by atoms with E-state index in [0.717, 1.165) is 32.4 Å². The number of likely N-dealkylation sites (N-methyl/N-ethyl adjacent to an activating group) is 1. The van der Waals surface area contributed by atoms with Crippen molar-refractivity contribution in [2.45, 2.75) is 33.1 Å². The number of hydrogen-bond acceptors (Lipinski definition) is 5. The van der Waals surface area contributed by atoms with Crippen LogP contribution in [0.3, 0.4) is 0 Å². The number of carbonyl (C=O) groups excluding carboxylic acids is 3.